The Morgan fingerprint density at radius 2 is 1.94 bits per heavy atom. The van der Waals surface area contributed by atoms with Crippen molar-refractivity contribution in [1.29, 1.82) is 0 Å². The topological polar surface area (TPSA) is 53.7 Å². The highest BCUT2D eigenvalue weighted by Gasteiger charge is 2.28. The maximum absolute atomic E-state index is 10.8. The fourth-order valence-electron chi connectivity index (χ4n) is 3.98. The van der Waals surface area contributed by atoms with Crippen LogP contribution in [0.25, 0.3) is 16.3 Å². The van der Waals surface area contributed by atoms with Gasteiger partial charge in [-0.1, -0.05) is 50.3 Å². The third-order valence-corrected chi connectivity index (χ3v) is 7.00. The normalized spacial score (nSPS) is 14.8. The quantitative estimate of drug-likeness (QED) is 0.356. The van der Waals surface area contributed by atoms with E-state index in [9.17, 15) is 4.79 Å². The van der Waals surface area contributed by atoms with Crippen LogP contribution in [0, 0.1) is 0 Å². The minimum absolute atomic E-state index is 0.0808. The van der Waals surface area contributed by atoms with E-state index >= 15 is 0 Å². The lowest BCUT2D eigenvalue weighted by molar-refractivity contribution is -0.669. The molecule has 0 spiro atoms. The summed E-state index contributed by atoms with van der Waals surface area (Å²) in [4.78, 5) is 12.9. The van der Waals surface area contributed by atoms with E-state index in [1.165, 1.54) is 15.8 Å². The van der Waals surface area contributed by atoms with Crippen molar-refractivity contribution in [2.45, 2.75) is 58.4 Å². The Labute approximate surface area is 193 Å². The second-order valence-corrected chi connectivity index (χ2v) is 10.4. The van der Waals surface area contributed by atoms with Gasteiger partial charge >= 0.3 is 5.97 Å². The molecule has 2 aromatic carbocycles. The van der Waals surface area contributed by atoms with Gasteiger partial charge in [-0.25, -0.2) is 0 Å². The maximum atomic E-state index is 10.8. The molecule has 168 valence electrons. The van der Waals surface area contributed by atoms with Gasteiger partial charge in [-0.05, 0) is 42.0 Å². The molecule has 1 aliphatic heterocycles. The molecule has 1 aliphatic rings. The molecule has 0 unspecified atom stereocenters. The van der Waals surface area contributed by atoms with Crippen LogP contribution >= 0.6 is 11.3 Å². The number of unbranched alkanes of at least 4 members (excludes halogenated alkanes) is 2. The van der Waals surface area contributed by atoms with Crippen LogP contribution in [0.5, 0.6) is 5.75 Å². The number of carboxylic acids is 1. The van der Waals surface area contributed by atoms with Crippen molar-refractivity contribution in [3.05, 3.63) is 58.9 Å². The minimum atomic E-state index is -0.723. The van der Waals surface area contributed by atoms with Crippen LogP contribution in [-0.4, -0.2) is 18.1 Å². The molecule has 0 saturated carbocycles. The second-order valence-electron chi connectivity index (χ2n) is 9.34. The molecule has 0 fully saturated rings. The number of anilines is 1. The number of para-hydroxylation sites is 1. The third-order valence-electron chi connectivity index (χ3n) is 5.89. The highest BCUT2D eigenvalue weighted by Crippen LogP contribution is 2.41. The first-order chi connectivity index (χ1) is 15.2. The van der Waals surface area contributed by atoms with Gasteiger partial charge in [0, 0.05) is 26.0 Å². The van der Waals surface area contributed by atoms with E-state index < -0.39 is 5.97 Å². The molecular formula is C26H31N2O3S+. The van der Waals surface area contributed by atoms with Crippen molar-refractivity contribution >= 4 is 39.3 Å². The van der Waals surface area contributed by atoms with E-state index in [0.717, 1.165) is 41.7 Å². The average Bonchev–Trinajstić information content (AvgIpc) is 3.24. The van der Waals surface area contributed by atoms with E-state index in [-0.39, 0.29) is 11.8 Å². The molecule has 4 rings (SSSR count). The summed E-state index contributed by atoms with van der Waals surface area (Å²) in [6.07, 6.45) is 4.92. The van der Waals surface area contributed by atoms with E-state index in [2.05, 4.69) is 78.8 Å². The zero-order chi connectivity index (χ0) is 22.9. The van der Waals surface area contributed by atoms with Gasteiger partial charge in [-0.2, -0.15) is 4.57 Å². The lowest BCUT2D eigenvalue weighted by Gasteiger charge is -2.20. The molecular weight excluding hydrogens is 420 g/mol. The third kappa shape index (κ3) is 4.65. The molecule has 5 nitrogen and oxygen atoms in total. The van der Waals surface area contributed by atoms with Crippen molar-refractivity contribution in [2.24, 2.45) is 0 Å². The number of rotatable bonds is 7. The highest BCUT2D eigenvalue weighted by molar-refractivity contribution is 7.18. The van der Waals surface area contributed by atoms with Crippen molar-refractivity contribution in [1.82, 2.24) is 0 Å². The molecule has 32 heavy (non-hydrogen) atoms. The van der Waals surface area contributed by atoms with Crippen LogP contribution in [0.1, 0.15) is 57.0 Å². The van der Waals surface area contributed by atoms with Crippen LogP contribution in [0.15, 0.2) is 48.3 Å². The summed E-state index contributed by atoms with van der Waals surface area (Å²) in [6.45, 7) is 7.52. The van der Waals surface area contributed by atoms with Gasteiger partial charge in [0.25, 0.3) is 5.01 Å². The predicted octanol–water partition coefficient (Wildman–Crippen LogP) is 5.96. The minimum Gasteiger partial charge on any atom is -0.481 e. The Morgan fingerprint density at radius 1 is 1.16 bits per heavy atom. The summed E-state index contributed by atoms with van der Waals surface area (Å²) in [5.41, 5.74) is 3.66. The standard InChI is InChI=1S/C26H30N2O3S/c1-26(2,3)18-13-14-21-20(16-18)27(4)23(31-21)17-24-28(15-9-5-6-12-25(29)30)19-10-7-8-11-22(19)32-24/h7-8,10-11,13-14,16-17H,5-6,9,12,15H2,1-4H3/p+1. The zero-order valence-electron chi connectivity index (χ0n) is 19.2. The van der Waals surface area contributed by atoms with Crippen LogP contribution in [0.2, 0.25) is 0 Å². The summed E-state index contributed by atoms with van der Waals surface area (Å²) >= 11 is 1.75. The van der Waals surface area contributed by atoms with Gasteiger partial charge in [0.15, 0.2) is 12.3 Å². The van der Waals surface area contributed by atoms with E-state index in [1.54, 1.807) is 11.3 Å². The molecule has 0 bridgehead atoms. The molecule has 3 aromatic rings. The first-order valence-electron chi connectivity index (χ1n) is 11.1. The van der Waals surface area contributed by atoms with Crippen LogP contribution in [-0.2, 0) is 16.8 Å². The lowest BCUT2D eigenvalue weighted by atomic mass is 9.87. The number of carbonyl (C=O) groups is 1. The number of hydrogen-bond donors (Lipinski definition) is 1. The number of aliphatic carboxylic acids is 1. The summed E-state index contributed by atoms with van der Waals surface area (Å²) < 4.78 is 9.79. The first-order valence-corrected chi connectivity index (χ1v) is 12.0. The van der Waals surface area contributed by atoms with E-state index in [4.69, 9.17) is 9.84 Å². The van der Waals surface area contributed by atoms with Crippen LogP contribution < -0.4 is 14.2 Å². The number of nitrogens with zero attached hydrogens (tertiary/aromatic N) is 2. The van der Waals surface area contributed by atoms with Gasteiger partial charge in [-0.3, -0.25) is 4.79 Å². The Morgan fingerprint density at radius 3 is 2.69 bits per heavy atom. The molecule has 2 heterocycles. The van der Waals surface area contributed by atoms with Crippen molar-refractivity contribution in [2.75, 3.05) is 11.9 Å². The molecule has 1 aromatic heterocycles. The zero-order valence-corrected chi connectivity index (χ0v) is 20.0. The van der Waals surface area contributed by atoms with Crippen LogP contribution in [0.3, 0.4) is 0 Å². The first kappa shape index (κ1) is 22.3. The summed E-state index contributed by atoms with van der Waals surface area (Å²) in [7, 11) is 2.05. The molecule has 0 aliphatic carbocycles. The van der Waals surface area contributed by atoms with E-state index in [0.29, 0.717) is 6.42 Å². The van der Waals surface area contributed by atoms with Crippen molar-refractivity contribution in [3.8, 4) is 5.75 Å². The summed E-state index contributed by atoms with van der Waals surface area (Å²) in [6, 6.07) is 14.9. The Balaban J connectivity index is 1.61. The predicted molar refractivity (Wildman–Crippen MR) is 130 cm³/mol. The lowest BCUT2D eigenvalue weighted by Crippen LogP contribution is -2.35. The number of fused-ring (bicyclic) bond motifs is 2. The average molecular weight is 452 g/mol. The molecule has 0 saturated heterocycles. The van der Waals surface area contributed by atoms with Gasteiger partial charge in [-0.15, -0.1) is 0 Å². The number of aromatic nitrogens is 1. The number of benzene rings is 2. The summed E-state index contributed by atoms with van der Waals surface area (Å²) in [5.74, 6) is 0.977. The smallest absolute Gasteiger partial charge is 0.303 e. The van der Waals surface area contributed by atoms with Crippen molar-refractivity contribution in [3.63, 3.8) is 0 Å². The molecule has 0 radical (unpaired) electrons. The fraction of sp³-hybridized carbons (Fsp3) is 0.385. The summed E-state index contributed by atoms with van der Waals surface area (Å²) in [5, 5.41) is 10.0. The molecule has 6 heteroatoms. The number of aryl methyl sites for hydroxylation is 1. The second kappa shape index (κ2) is 8.94. The SMILES string of the molecule is CN1/C(=C/c2sc3ccccc3[n+]2CCCCCC(=O)O)Oc2ccc(C(C)(C)C)cc21. The molecule has 0 atom stereocenters. The van der Waals surface area contributed by atoms with Gasteiger partial charge < -0.3 is 14.7 Å². The number of hydrogen-bond acceptors (Lipinski definition) is 4. The number of carboxylic acid groups (broad SMARTS) is 1. The van der Waals surface area contributed by atoms with Crippen LogP contribution in [0.4, 0.5) is 5.69 Å². The Hall–Kier alpha value is -2.86. The maximum Gasteiger partial charge on any atom is 0.303 e. The number of thiazole rings is 1. The number of ether oxygens (including phenoxy) is 1. The van der Waals surface area contributed by atoms with Gasteiger partial charge in [0.1, 0.15) is 4.70 Å². The van der Waals surface area contributed by atoms with Crippen molar-refractivity contribution < 1.29 is 19.2 Å². The van der Waals surface area contributed by atoms with Gasteiger partial charge in [0.05, 0.1) is 11.8 Å². The monoisotopic (exact) mass is 451 g/mol. The fourth-order valence-corrected chi connectivity index (χ4v) is 5.09. The Bertz CT molecular complexity index is 1170. The largest absolute Gasteiger partial charge is 0.481 e. The van der Waals surface area contributed by atoms with Gasteiger partial charge in [0.2, 0.25) is 11.4 Å². The Kier molecular flexibility index (Phi) is 6.24. The molecule has 0 amide bonds. The van der Waals surface area contributed by atoms with E-state index in [1.807, 2.05) is 7.05 Å². The molecule has 1 N–H and O–H groups in total. The highest BCUT2D eigenvalue weighted by atomic mass is 32.1.